The zero-order valence-electron chi connectivity index (χ0n) is 8.43. The fourth-order valence-electron chi connectivity index (χ4n) is 1.24. The third-order valence-corrected chi connectivity index (χ3v) is 2.77. The van der Waals surface area contributed by atoms with Crippen LogP contribution in [0.5, 0.6) is 0 Å². The molecule has 9 heteroatoms. The van der Waals surface area contributed by atoms with Gasteiger partial charge >= 0.3 is 12.1 Å². The Labute approximate surface area is 111 Å². The molecule has 0 aliphatic carbocycles. The molecular formula is C9H5F5INO2. The summed E-state index contributed by atoms with van der Waals surface area (Å²) in [6.07, 6.45) is -9.15. The third-order valence-electron chi connectivity index (χ3n) is 1.88. The Hall–Kier alpha value is -1.00. The molecule has 0 fully saturated rings. The molecule has 0 aromatic carbocycles. The molecule has 0 aliphatic heterocycles. The number of hydrogen-bond donors (Lipinski definition) is 1. The van der Waals surface area contributed by atoms with E-state index in [0.717, 1.165) is 6.07 Å². The first-order valence-electron chi connectivity index (χ1n) is 4.39. The molecule has 100 valence electrons. The summed E-state index contributed by atoms with van der Waals surface area (Å²) in [5.74, 6) is -1.39. The Morgan fingerprint density at radius 3 is 2.39 bits per heavy atom. The van der Waals surface area contributed by atoms with Crippen molar-refractivity contribution >= 4 is 28.6 Å². The maximum Gasteiger partial charge on any atom is 0.433 e. The van der Waals surface area contributed by atoms with E-state index < -0.39 is 41.9 Å². The molecule has 0 spiro atoms. The standard InChI is InChI=1S/C9H5F5INO2/c10-8(11)6-4(15)1-3(2-5(17)18)16-7(6)9(12,13)14/h1,8H,2H2,(H,17,18). The molecular weight excluding hydrogens is 376 g/mol. The number of pyridine rings is 1. The molecule has 0 unspecified atom stereocenters. The van der Waals surface area contributed by atoms with Crippen LogP contribution in [-0.4, -0.2) is 16.1 Å². The molecule has 1 heterocycles. The number of nitrogens with zero attached hydrogens (tertiary/aromatic N) is 1. The lowest BCUT2D eigenvalue weighted by Crippen LogP contribution is -2.16. The van der Waals surface area contributed by atoms with Crippen LogP contribution in [0.4, 0.5) is 22.0 Å². The van der Waals surface area contributed by atoms with Crippen molar-refractivity contribution in [1.82, 2.24) is 4.98 Å². The van der Waals surface area contributed by atoms with E-state index in [1.54, 1.807) is 0 Å². The Kier molecular flexibility index (Phi) is 4.46. The van der Waals surface area contributed by atoms with Crippen molar-refractivity contribution in [3.05, 3.63) is 26.6 Å². The average molecular weight is 381 g/mol. The maximum atomic E-state index is 12.6. The predicted octanol–water partition coefficient (Wildman–Crippen LogP) is 3.27. The lowest BCUT2D eigenvalue weighted by atomic mass is 10.1. The highest BCUT2D eigenvalue weighted by atomic mass is 127. The Balaban J connectivity index is 3.42. The van der Waals surface area contributed by atoms with Gasteiger partial charge in [0.25, 0.3) is 6.43 Å². The molecule has 0 bridgehead atoms. The summed E-state index contributed by atoms with van der Waals surface area (Å²) in [6, 6.07) is 0.908. The van der Waals surface area contributed by atoms with Gasteiger partial charge in [0, 0.05) is 3.57 Å². The fraction of sp³-hybridized carbons (Fsp3) is 0.333. The fourth-order valence-corrected chi connectivity index (χ4v) is 2.09. The molecule has 1 aromatic rings. The summed E-state index contributed by atoms with van der Waals surface area (Å²) in [5.41, 5.74) is -3.37. The van der Waals surface area contributed by atoms with E-state index in [1.165, 1.54) is 22.6 Å². The van der Waals surface area contributed by atoms with Crippen LogP contribution in [-0.2, 0) is 17.4 Å². The van der Waals surface area contributed by atoms with Gasteiger partial charge in [-0.3, -0.25) is 4.79 Å². The lowest BCUT2D eigenvalue weighted by Gasteiger charge is -2.14. The highest BCUT2D eigenvalue weighted by Gasteiger charge is 2.39. The molecule has 3 nitrogen and oxygen atoms in total. The molecule has 0 saturated carbocycles. The van der Waals surface area contributed by atoms with Gasteiger partial charge in [-0.2, -0.15) is 13.2 Å². The molecule has 1 N–H and O–H groups in total. The number of carbonyl (C=O) groups is 1. The second kappa shape index (κ2) is 5.33. The van der Waals surface area contributed by atoms with Gasteiger partial charge in [-0.1, -0.05) is 0 Å². The molecule has 18 heavy (non-hydrogen) atoms. The van der Waals surface area contributed by atoms with Crippen molar-refractivity contribution in [2.24, 2.45) is 0 Å². The summed E-state index contributed by atoms with van der Waals surface area (Å²) >= 11 is 1.30. The summed E-state index contributed by atoms with van der Waals surface area (Å²) in [5, 5.41) is 8.46. The molecule has 1 rings (SSSR count). The van der Waals surface area contributed by atoms with E-state index in [2.05, 4.69) is 4.98 Å². The van der Waals surface area contributed by atoms with Gasteiger partial charge in [-0.05, 0) is 28.7 Å². The van der Waals surface area contributed by atoms with Crippen molar-refractivity contribution in [2.45, 2.75) is 19.0 Å². The van der Waals surface area contributed by atoms with Crippen LogP contribution in [0.2, 0.25) is 0 Å². The minimum Gasteiger partial charge on any atom is -0.481 e. The number of carboxylic acids is 1. The van der Waals surface area contributed by atoms with E-state index in [0.29, 0.717) is 0 Å². The Morgan fingerprint density at radius 2 is 2.00 bits per heavy atom. The molecule has 0 atom stereocenters. The summed E-state index contributed by atoms with van der Waals surface area (Å²) < 4.78 is 62.4. The molecule has 0 radical (unpaired) electrons. The van der Waals surface area contributed by atoms with Gasteiger partial charge in [0.2, 0.25) is 0 Å². The lowest BCUT2D eigenvalue weighted by molar-refractivity contribution is -0.144. The second-order valence-electron chi connectivity index (χ2n) is 3.23. The van der Waals surface area contributed by atoms with Crippen LogP contribution in [0.1, 0.15) is 23.4 Å². The van der Waals surface area contributed by atoms with Crippen molar-refractivity contribution in [1.29, 1.82) is 0 Å². The molecule has 0 saturated heterocycles. The van der Waals surface area contributed by atoms with Crippen LogP contribution in [0.3, 0.4) is 0 Å². The molecule has 0 aliphatic rings. The monoisotopic (exact) mass is 381 g/mol. The first-order chi connectivity index (χ1) is 8.12. The van der Waals surface area contributed by atoms with Crippen LogP contribution >= 0.6 is 22.6 Å². The minimum absolute atomic E-state index is 0.360. The number of aromatic nitrogens is 1. The number of halogens is 6. The first kappa shape index (κ1) is 15.1. The van der Waals surface area contributed by atoms with Crippen LogP contribution < -0.4 is 0 Å². The van der Waals surface area contributed by atoms with Gasteiger partial charge < -0.3 is 5.11 Å². The highest BCUT2D eigenvalue weighted by molar-refractivity contribution is 14.1. The van der Waals surface area contributed by atoms with Gasteiger partial charge in [0.05, 0.1) is 17.7 Å². The number of rotatable bonds is 3. The Bertz CT molecular complexity index is 475. The van der Waals surface area contributed by atoms with Crippen molar-refractivity contribution in [3.63, 3.8) is 0 Å². The average Bonchev–Trinajstić information content (AvgIpc) is 2.12. The topological polar surface area (TPSA) is 50.2 Å². The maximum absolute atomic E-state index is 12.6. The number of hydrogen-bond acceptors (Lipinski definition) is 2. The number of carboxylic acid groups (broad SMARTS) is 1. The van der Waals surface area contributed by atoms with Crippen molar-refractivity contribution < 1.29 is 31.9 Å². The SMILES string of the molecule is O=C(O)Cc1cc(I)c(C(F)F)c(C(F)(F)F)n1. The minimum atomic E-state index is -5.06. The normalized spacial score (nSPS) is 11.9. The quantitative estimate of drug-likeness (QED) is 0.646. The largest absolute Gasteiger partial charge is 0.481 e. The van der Waals surface area contributed by atoms with E-state index >= 15 is 0 Å². The number of alkyl halides is 5. The first-order valence-corrected chi connectivity index (χ1v) is 5.47. The second-order valence-corrected chi connectivity index (χ2v) is 4.39. The van der Waals surface area contributed by atoms with Crippen LogP contribution in [0.15, 0.2) is 6.07 Å². The van der Waals surface area contributed by atoms with Crippen molar-refractivity contribution in [3.8, 4) is 0 Å². The van der Waals surface area contributed by atoms with E-state index in [9.17, 15) is 26.7 Å². The van der Waals surface area contributed by atoms with Crippen molar-refractivity contribution in [2.75, 3.05) is 0 Å². The summed E-state index contributed by atoms with van der Waals surface area (Å²) in [4.78, 5) is 13.4. The molecule has 1 aromatic heterocycles. The Morgan fingerprint density at radius 1 is 1.44 bits per heavy atom. The van der Waals surface area contributed by atoms with Crippen LogP contribution in [0, 0.1) is 3.57 Å². The van der Waals surface area contributed by atoms with Gasteiger partial charge in [0.1, 0.15) is 0 Å². The van der Waals surface area contributed by atoms with E-state index in [1.807, 2.05) is 0 Å². The summed E-state index contributed by atoms with van der Waals surface area (Å²) in [6.45, 7) is 0. The van der Waals surface area contributed by atoms with E-state index in [-0.39, 0.29) is 3.57 Å². The highest BCUT2D eigenvalue weighted by Crippen LogP contribution is 2.37. The van der Waals surface area contributed by atoms with E-state index in [4.69, 9.17) is 5.11 Å². The number of aliphatic carboxylic acids is 1. The predicted molar refractivity (Wildman–Crippen MR) is 58.3 cm³/mol. The zero-order valence-corrected chi connectivity index (χ0v) is 10.6. The van der Waals surface area contributed by atoms with Crippen LogP contribution in [0.25, 0.3) is 0 Å². The summed E-state index contributed by atoms with van der Waals surface area (Å²) in [7, 11) is 0. The smallest absolute Gasteiger partial charge is 0.433 e. The van der Waals surface area contributed by atoms with Gasteiger partial charge in [-0.15, -0.1) is 0 Å². The van der Waals surface area contributed by atoms with Gasteiger partial charge in [-0.25, -0.2) is 13.8 Å². The third kappa shape index (κ3) is 3.50. The zero-order chi connectivity index (χ0) is 14.1. The molecule has 0 amide bonds. The van der Waals surface area contributed by atoms with Gasteiger partial charge in [0.15, 0.2) is 5.69 Å².